The summed E-state index contributed by atoms with van der Waals surface area (Å²) < 4.78 is 0. The molecule has 0 atom stereocenters. The highest BCUT2D eigenvalue weighted by atomic mass is 16.4. The van der Waals surface area contributed by atoms with Crippen molar-refractivity contribution >= 4 is 11.8 Å². The molecule has 3 rings (SSSR count). The van der Waals surface area contributed by atoms with Crippen molar-refractivity contribution in [2.24, 2.45) is 11.8 Å². The van der Waals surface area contributed by atoms with Crippen molar-refractivity contribution in [3.05, 3.63) is 23.9 Å². The Hall–Kier alpha value is -1.58. The summed E-state index contributed by atoms with van der Waals surface area (Å²) in [5.41, 5.74) is 0.143. The van der Waals surface area contributed by atoms with Gasteiger partial charge in [-0.25, -0.2) is 9.78 Å². The Morgan fingerprint density at radius 2 is 1.83 bits per heavy atom. The van der Waals surface area contributed by atoms with Gasteiger partial charge in [-0.05, 0) is 49.7 Å². The van der Waals surface area contributed by atoms with Crippen molar-refractivity contribution in [1.82, 2.24) is 4.98 Å². The zero-order chi connectivity index (χ0) is 12.5. The molecule has 96 valence electrons. The van der Waals surface area contributed by atoms with Crippen molar-refractivity contribution in [1.29, 1.82) is 0 Å². The fourth-order valence-electron chi connectivity index (χ4n) is 2.20. The molecule has 0 bridgehead atoms. The van der Waals surface area contributed by atoms with Crippen LogP contribution >= 0.6 is 0 Å². The highest BCUT2D eigenvalue weighted by molar-refractivity contribution is 5.85. The molecule has 2 saturated carbocycles. The van der Waals surface area contributed by atoms with Crippen LogP contribution in [0.15, 0.2) is 18.2 Å². The van der Waals surface area contributed by atoms with Crippen LogP contribution in [-0.4, -0.2) is 29.1 Å². The van der Waals surface area contributed by atoms with Crippen molar-refractivity contribution in [2.45, 2.75) is 25.7 Å². The van der Waals surface area contributed by atoms with E-state index in [9.17, 15) is 4.79 Å². The molecule has 4 nitrogen and oxygen atoms in total. The average Bonchev–Trinajstić information content (AvgIpc) is 3.23. The van der Waals surface area contributed by atoms with Crippen LogP contribution in [0, 0.1) is 11.8 Å². The molecule has 2 aliphatic carbocycles. The van der Waals surface area contributed by atoms with Gasteiger partial charge in [0.15, 0.2) is 5.69 Å². The Morgan fingerprint density at radius 3 is 2.33 bits per heavy atom. The Labute approximate surface area is 107 Å². The van der Waals surface area contributed by atoms with Gasteiger partial charge in [0.05, 0.1) is 0 Å². The van der Waals surface area contributed by atoms with Crippen LogP contribution in [0.1, 0.15) is 36.2 Å². The lowest BCUT2D eigenvalue weighted by atomic mass is 10.3. The summed E-state index contributed by atoms with van der Waals surface area (Å²) in [7, 11) is 0. The molecular weight excluding hydrogens is 228 g/mol. The predicted octanol–water partition coefficient (Wildman–Crippen LogP) is 2.41. The van der Waals surface area contributed by atoms with E-state index in [4.69, 9.17) is 5.11 Å². The van der Waals surface area contributed by atoms with Gasteiger partial charge in [-0.2, -0.15) is 0 Å². The minimum atomic E-state index is -0.949. The van der Waals surface area contributed by atoms with E-state index in [2.05, 4.69) is 9.88 Å². The Balaban J connectivity index is 1.77. The molecule has 18 heavy (non-hydrogen) atoms. The molecule has 0 unspecified atom stereocenters. The monoisotopic (exact) mass is 246 g/mol. The van der Waals surface area contributed by atoms with Crippen LogP contribution in [-0.2, 0) is 0 Å². The normalized spacial score (nSPS) is 18.7. The average molecular weight is 246 g/mol. The molecule has 1 N–H and O–H groups in total. The number of rotatable bonds is 6. The van der Waals surface area contributed by atoms with Crippen LogP contribution in [0.2, 0.25) is 0 Å². The van der Waals surface area contributed by atoms with Crippen LogP contribution < -0.4 is 4.90 Å². The number of aromatic nitrogens is 1. The summed E-state index contributed by atoms with van der Waals surface area (Å²) in [6, 6.07) is 5.27. The van der Waals surface area contributed by atoms with E-state index < -0.39 is 5.97 Å². The Bertz CT molecular complexity index is 439. The fourth-order valence-corrected chi connectivity index (χ4v) is 2.20. The number of hydrogen-bond acceptors (Lipinski definition) is 3. The molecule has 0 saturated heterocycles. The number of nitrogens with zero attached hydrogens (tertiary/aromatic N) is 2. The third-order valence-corrected chi connectivity index (χ3v) is 3.63. The van der Waals surface area contributed by atoms with E-state index in [-0.39, 0.29) is 5.69 Å². The summed E-state index contributed by atoms with van der Waals surface area (Å²) in [4.78, 5) is 17.5. The van der Waals surface area contributed by atoms with Crippen molar-refractivity contribution < 1.29 is 9.90 Å². The van der Waals surface area contributed by atoms with Crippen molar-refractivity contribution in [3.63, 3.8) is 0 Å². The molecule has 2 fully saturated rings. The number of carboxylic acid groups (broad SMARTS) is 1. The van der Waals surface area contributed by atoms with Crippen molar-refractivity contribution in [3.8, 4) is 0 Å². The van der Waals surface area contributed by atoms with Gasteiger partial charge in [-0.1, -0.05) is 6.07 Å². The Kier molecular flexibility index (Phi) is 2.94. The van der Waals surface area contributed by atoms with E-state index >= 15 is 0 Å². The topological polar surface area (TPSA) is 53.4 Å². The number of aromatic carboxylic acids is 1. The number of carboxylic acids is 1. The number of anilines is 1. The first-order valence-electron chi connectivity index (χ1n) is 6.67. The first-order chi connectivity index (χ1) is 8.72. The Morgan fingerprint density at radius 1 is 1.22 bits per heavy atom. The number of hydrogen-bond donors (Lipinski definition) is 1. The molecular formula is C14H18N2O2. The predicted molar refractivity (Wildman–Crippen MR) is 68.9 cm³/mol. The lowest BCUT2D eigenvalue weighted by Crippen LogP contribution is -2.29. The van der Waals surface area contributed by atoms with E-state index in [0.717, 1.165) is 30.7 Å². The summed E-state index contributed by atoms with van der Waals surface area (Å²) in [6.45, 7) is 2.07. The summed E-state index contributed by atoms with van der Waals surface area (Å²) >= 11 is 0. The lowest BCUT2D eigenvalue weighted by Gasteiger charge is -2.23. The standard InChI is InChI=1S/C14H18N2O2/c17-14(18)12-2-1-3-13(15-12)16(8-10-4-5-10)9-11-6-7-11/h1-3,10-11H,4-9H2,(H,17,18). The summed E-state index contributed by atoms with van der Waals surface area (Å²) in [6.07, 6.45) is 5.22. The van der Waals surface area contributed by atoms with Crippen LogP contribution in [0.25, 0.3) is 0 Å². The zero-order valence-corrected chi connectivity index (χ0v) is 10.4. The van der Waals surface area contributed by atoms with Gasteiger partial charge >= 0.3 is 5.97 Å². The lowest BCUT2D eigenvalue weighted by molar-refractivity contribution is 0.0690. The maximum atomic E-state index is 11.0. The zero-order valence-electron chi connectivity index (χ0n) is 10.4. The number of pyridine rings is 1. The molecule has 0 radical (unpaired) electrons. The third-order valence-electron chi connectivity index (χ3n) is 3.63. The van der Waals surface area contributed by atoms with E-state index in [1.807, 2.05) is 6.07 Å². The van der Waals surface area contributed by atoms with Gasteiger partial charge in [-0.3, -0.25) is 0 Å². The minimum absolute atomic E-state index is 0.143. The molecule has 0 spiro atoms. The van der Waals surface area contributed by atoms with Gasteiger partial charge in [0, 0.05) is 13.1 Å². The first kappa shape index (κ1) is 11.5. The second-order valence-electron chi connectivity index (χ2n) is 5.48. The van der Waals surface area contributed by atoms with E-state index in [1.54, 1.807) is 12.1 Å². The van der Waals surface area contributed by atoms with Crippen molar-refractivity contribution in [2.75, 3.05) is 18.0 Å². The SMILES string of the molecule is O=C(O)c1cccc(N(CC2CC2)CC2CC2)n1. The van der Waals surface area contributed by atoms with Crippen LogP contribution in [0.4, 0.5) is 5.82 Å². The second-order valence-corrected chi connectivity index (χ2v) is 5.48. The molecule has 1 aromatic heterocycles. The van der Waals surface area contributed by atoms with Gasteiger partial charge in [0.25, 0.3) is 0 Å². The molecule has 1 aromatic rings. The number of carbonyl (C=O) groups is 1. The molecule has 4 heteroatoms. The summed E-state index contributed by atoms with van der Waals surface area (Å²) in [5, 5.41) is 9.00. The molecule has 1 heterocycles. The third kappa shape index (κ3) is 2.81. The first-order valence-corrected chi connectivity index (χ1v) is 6.67. The van der Waals surface area contributed by atoms with Gasteiger partial charge in [0.1, 0.15) is 5.82 Å². The van der Waals surface area contributed by atoms with Gasteiger partial charge in [-0.15, -0.1) is 0 Å². The summed E-state index contributed by atoms with van der Waals surface area (Å²) in [5.74, 6) is 1.46. The van der Waals surface area contributed by atoms with E-state index in [0.29, 0.717) is 0 Å². The maximum Gasteiger partial charge on any atom is 0.354 e. The molecule has 0 amide bonds. The fraction of sp³-hybridized carbons (Fsp3) is 0.571. The molecule has 0 aromatic carbocycles. The van der Waals surface area contributed by atoms with Crippen LogP contribution in [0.5, 0.6) is 0 Å². The van der Waals surface area contributed by atoms with Crippen LogP contribution in [0.3, 0.4) is 0 Å². The smallest absolute Gasteiger partial charge is 0.354 e. The largest absolute Gasteiger partial charge is 0.477 e. The maximum absolute atomic E-state index is 11.0. The highest BCUT2D eigenvalue weighted by Gasteiger charge is 2.30. The second kappa shape index (κ2) is 4.59. The van der Waals surface area contributed by atoms with E-state index in [1.165, 1.54) is 25.7 Å². The van der Waals surface area contributed by atoms with Gasteiger partial charge < -0.3 is 10.0 Å². The highest BCUT2D eigenvalue weighted by Crippen LogP contribution is 2.35. The van der Waals surface area contributed by atoms with Gasteiger partial charge in [0.2, 0.25) is 0 Å². The minimum Gasteiger partial charge on any atom is -0.477 e. The quantitative estimate of drug-likeness (QED) is 0.837. The molecule has 2 aliphatic rings. The molecule has 0 aliphatic heterocycles.